The highest BCUT2D eigenvalue weighted by Gasteiger charge is 2.71. The van der Waals surface area contributed by atoms with E-state index in [0.29, 0.717) is 38.7 Å². The topological polar surface area (TPSA) is 116 Å². The van der Waals surface area contributed by atoms with E-state index in [1.807, 2.05) is 42.5 Å². The Morgan fingerprint density at radius 2 is 1.56 bits per heavy atom. The molecule has 6 atom stereocenters. The van der Waals surface area contributed by atoms with Crippen LogP contribution in [0.15, 0.2) is 121 Å². The van der Waals surface area contributed by atoms with Crippen molar-refractivity contribution in [2.75, 3.05) is 17.4 Å². The molecule has 3 fully saturated rings. The maximum Gasteiger partial charge on any atom is 0.260 e. The van der Waals surface area contributed by atoms with Crippen molar-refractivity contribution in [2.24, 2.45) is 23.7 Å². The Kier molecular flexibility index (Phi) is 8.06. The van der Waals surface area contributed by atoms with E-state index >= 15 is 9.59 Å². The number of ether oxygens (including phenoxy) is 1. The molecule has 4 amide bonds. The number of aromatic hydroxyl groups is 1. The summed E-state index contributed by atoms with van der Waals surface area (Å²) in [6.45, 7) is 0. The van der Waals surface area contributed by atoms with Gasteiger partial charge in [0, 0.05) is 16.5 Å². The molecular formula is C43H33Cl2N3O6. The molecule has 9 rings (SSSR count). The summed E-state index contributed by atoms with van der Waals surface area (Å²) in [6, 6.07) is 31.6. The van der Waals surface area contributed by atoms with E-state index in [4.69, 9.17) is 27.9 Å². The zero-order valence-corrected chi connectivity index (χ0v) is 30.4. The molecule has 1 saturated carbocycles. The number of halogens is 2. The van der Waals surface area contributed by atoms with Crippen LogP contribution in [0.5, 0.6) is 11.5 Å². The number of nitrogens with one attached hydrogen (secondary N) is 1. The summed E-state index contributed by atoms with van der Waals surface area (Å²) in [7, 11) is 1.55. The SMILES string of the molecule is COc1ccc(C23C(=O)N(Nc4ccc(Cl)cc4Cl)C(=O)C2CC2C(=CCC4C(=O)N(c5ccccc5)C(=O)C42)C3c2c(O)ccc3ccccc23)cc1. The van der Waals surface area contributed by atoms with E-state index in [1.165, 1.54) is 11.0 Å². The van der Waals surface area contributed by atoms with Gasteiger partial charge in [-0.15, -0.1) is 0 Å². The first-order valence-electron chi connectivity index (χ1n) is 17.7. The van der Waals surface area contributed by atoms with Crippen molar-refractivity contribution in [3.8, 4) is 11.5 Å². The first-order valence-corrected chi connectivity index (χ1v) is 18.5. The van der Waals surface area contributed by atoms with Gasteiger partial charge in [-0.05, 0) is 83.6 Å². The zero-order chi connectivity index (χ0) is 37.5. The number of carbonyl (C=O) groups excluding carboxylic acids is 4. The number of amides is 4. The first-order chi connectivity index (χ1) is 26.1. The lowest BCUT2D eigenvalue weighted by atomic mass is 9.48. The number of rotatable bonds is 6. The van der Waals surface area contributed by atoms with Gasteiger partial charge >= 0.3 is 0 Å². The summed E-state index contributed by atoms with van der Waals surface area (Å²) in [5, 5.41) is 15.1. The third-order valence-corrected chi connectivity index (χ3v) is 12.4. The second kappa shape index (κ2) is 12.7. The van der Waals surface area contributed by atoms with Gasteiger partial charge in [-0.3, -0.25) is 29.5 Å². The fourth-order valence-corrected chi connectivity index (χ4v) is 10.0. The summed E-state index contributed by atoms with van der Waals surface area (Å²) in [4.78, 5) is 60.6. The van der Waals surface area contributed by atoms with Crippen molar-refractivity contribution in [1.82, 2.24) is 5.01 Å². The number of methoxy groups -OCH3 is 1. The number of phenolic OH excluding ortho intramolecular Hbond substituents is 1. The lowest BCUT2D eigenvalue weighted by Gasteiger charge is -2.51. The number of hydrazine groups is 1. The smallest absolute Gasteiger partial charge is 0.260 e. The molecule has 6 unspecified atom stereocenters. The van der Waals surface area contributed by atoms with Crippen LogP contribution in [0.25, 0.3) is 10.8 Å². The number of carbonyl (C=O) groups is 4. The number of fused-ring (bicyclic) bond motifs is 5. The van der Waals surface area contributed by atoms with E-state index in [-0.39, 0.29) is 35.4 Å². The van der Waals surface area contributed by atoms with Gasteiger partial charge in [0.2, 0.25) is 11.8 Å². The predicted molar refractivity (Wildman–Crippen MR) is 205 cm³/mol. The maximum absolute atomic E-state index is 15.6. The van der Waals surface area contributed by atoms with Crippen LogP contribution in [-0.4, -0.2) is 40.9 Å². The molecular weight excluding hydrogens is 725 g/mol. The Labute approximate surface area is 320 Å². The Bertz CT molecular complexity index is 2440. The maximum atomic E-state index is 15.6. The highest BCUT2D eigenvalue weighted by atomic mass is 35.5. The summed E-state index contributed by atoms with van der Waals surface area (Å²) in [5.74, 6) is -5.23. The average Bonchev–Trinajstić information content (AvgIpc) is 3.57. The molecule has 2 saturated heterocycles. The van der Waals surface area contributed by atoms with Crippen LogP contribution in [0, 0.1) is 23.7 Å². The second-order valence-electron chi connectivity index (χ2n) is 14.3. The number of nitrogens with zero attached hydrogens (tertiary/aromatic N) is 2. The van der Waals surface area contributed by atoms with Gasteiger partial charge in [-0.2, -0.15) is 5.01 Å². The third kappa shape index (κ3) is 4.84. The molecule has 0 spiro atoms. The lowest BCUT2D eigenvalue weighted by molar-refractivity contribution is -0.138. The molecule has 5 aromatic rings. The number of allylic oxidation sites excluding steroid dienone is 2. The molecule has 270 valence electrons. The van der Waals surface area contributed by atoms with Gasteiger partial charge in [-0.25, -0.2) is 0 Å². The van der Waals surface area contributed by atoms with Crippen LogP contribution in [0.3, 0.4) is 0 Å². The van der Waals surface area contributed by atoms with E-state index in [2.05, 4.69) is 5.43 Å². The fraction of sp³-hybridized carbons (Fsp3) is 0.209. The molecule has 9 nitrogen and oxygen atoms in total. The molecule has 54 heavy (non-hydrogen) atoms. The molecule has 2 N–H and O–H groups in total. The Hall–Kier alpha value is -5.64. The summed E-state index contributed by atoms with van der Waals surface area (Å²) < 4.78 is 5.50. The van der Waals surface area contributed by atoms with E-state index in [9.17, 15) is 14.7 Å². The van der Waals surface area contributed by atoms with E-state index < -0.39 is 46.8 Å². The minimum absolute atomic E-state index is 0.0545. The van der Waals surface area contributed by atoms with Gasteiger partial charge in [0.1, 0.15) is 11.5 Å². The summed E-state index contributed by atoms with van der Waals surface area (Å²) in [6.07, 6.45) is 2.32. The number of para-hydroxylation sites is 1. The normalized spacial score (nSPS) is 26.1. The average molecular weight is 759 g/mol. The van der Waals surface area contributed by atoms with E-state index in [0.717, 1.165) is 16.0 Å². The van der Waals surface area contributed by atoms with Crippen molar-refractivity contribution in [1.29, 1.82) is 0 Å². The standard InChI is InChI=1S/C43H33Cl2N3O6/c1-54-27-15-12-24(13-16-27)43-32(40(51)48(42(43)53)46-34-19-14-25(44)21-33(34)45)22-31-29(38(43)37-28-10-6-5-7-23(28)11-20-35(37)49)17-18-30-36(31)41(52)47(39(30)50)26-8-3-2-4-9-26/h2-17,19-21,30-32,36,38,46,49H,18,22H2,1H3. The monoisotopic (exact) mass is 757 g/mol. The molecule has 0 radical (unpaired) electrons. The predicted octanol–water partition coefficient (Wildman–Crippen LogP) is 8.05. The minimum atomic E-state index is -1.61. The minimum Gasteiger partial charge on any atom is -0.508 e. The highest BCUT2D eigenvalue weighted by molar-refractivity contribution is 6.36. The lowest BCUT2D eigenvalue weighted by Crippen LogP contribution is -2.53. The van der Waals surface area contributed by atoms with Crippen molar-refractivity contribution >= 4 is 69.0 Å². The molecule has 4 aliphatic rings. The van der Waals surface area contributed by atoms with Crippen LogP contribution in [0.1, 0.15) is 29.9 Å². The van der Waals surface area contributed by atoms with Gasteiger partial charge < -0.3 is 9.84 Å². The number of hydrogen-bond acceptors (Lipinski definition) is 7. The van der Waals surface area contributed by atoms with E-state index in [1.54, 1.807) is 73.8 Å². The molecule has 0 bridgehead atoms. The van der Waals surface area contributed by atoms with Gasteiger partial charge in [-0.1, -0.05) is 95.5 Å². The van der Waals surface area contributed by atoms with Crippen LogP contribution >= 0.6 is 23.2 Å². The summed E-state index contributed by atoms with van der Waals surface area (Å²) >= 11 is 12.8. The largest absolute Gasteiger partial charge is 0.508 e. The van der Waals surface area contributed by atoms with Gasteiger partial charge in [0.05, 0.1) is 46.7 Å². The van der Waals surface area contributed by atoms with Crippen LogP contribution in [0.2, 0.25) is 10.0 Å². The van der Waals surface area contributed by atoms with Crippen molar-refractivity contribution in [3.63, 3.8) is 0 Å². The highest BCUT2D eigenvalue weighted by Crippen LogP contribution is 2.65. The van der Waals surface area contributed by atoms with Crippen molar-refractivity contribution < 1.29 is 29.0 Å². The second-order valence-corrected chi connectivity index (χ2v) is 15.1. The molecule has 2 heterocycles. The Balaban J connectivity index is 1.30. The zero-order valence-electron chi connectivity index (χ0n) is 28.9. The molecule has 2 aliphatic heterocycles. The van der Waals surface area contributed by atoms with Crippen LogP contribution in [0.4, 0.5) is 11.4 Å². The van der Waals surface area contributed by atoms with Gasteiger partial charge in [0.15, 0.2) is 0 Å². The molecule has 5 aromatic carbocycles. The van der Waals surface area contributed by atoms with Crippen LogP contribution < -0.4 is 15.1 Å². The van der Waals surface area contributed by atoms with Crippen molar-refractivity contribution in [2.45, 2.75) is 24.2 Å². The number of imide groups is 2. The summed E-state index contributed by atoms with van der Waals surface area (Å²) in [5.41, 5.74) is 3.92. The van der Waals surface area contributed by atoms with Crippen LogP contribution in [-0.2, 0) is 24.6 Å². The molecule has 11 heteroatoms. The van der Waals surface area contributed by atoms with Gasteiger partial charge in [0.25, 0.3) is 11.8 Å². The number of anilines is 2. The Morgan fingerprint density at radius 3 is 2.30 bits per heavy atom. The fourth-order valence-electron chi connectivity index (χ4n) is 9.58. The van der Waals surface area contributed by atoms with Crippen molar-refractivity contribution in [3.05, 3.63) is 142 Å². The number of benzene rings is 5. The number of hydrogen-bond donors (Lipinski definition) is 2. The first kappa shape index (κ1) is 34.1. The third-order valence-electron chi connectivity index (χ3n) is 11.8. The quantitative estimate of drug-likeness (QED) is 0.133. The number of phenols is 1. The molecule has 2 aliphatic carbocycles. The Morgan fingerprint density at radius 1 is 0.815 bits per heavy atom. The molecule has 0 aromatic heterocycles.